The van der Waals surface area contributed by atoms with Crippen molar-refractivity contribution in [3.8, 4) is 6.07 Å². The molecule has 0 saturated heterocycles. The zero-order valence-electron chi connectivity index (χ0n) is 17.2. The first-order valence-corrected chi connectivity index (χ1v) is 11.3. The molecular formula is C25H32F3N. The summed E-state index contributed by atoms with van der Waals surface area (Å²) in [6.45, 7) is 0. The Balaban J connectivity index is 1.31. The minimum atomic E-state index is -0.773. The number of nitriles is 1. The average molecular weight is 404 g/mol. The highest BCUT2D eigenvalue weighted by Gasteiger charge is 2.30. The van der Waals surface area contributed by atoms with Gasteiger partial charge in [-0.2, -0.15) is 9.65 Å². The van der Waals surface area contributed by atoms with Gasteiger partial charge in [0.2, 0.25) is 0 Å². The molecule has 0 aliphatic heterocycles. The van der Waals surface area contributed by atoms with Crippen LogP contribution in [0.2, 0.25) is 0 Å². The number of hydrogen-bond donors (Lipinski definition) is 0. The third kappa shape index (κ3) is 6.63. The molecule has 4 heteroatoms. The number of allylic oxidation sites excluding steroid dienone is 2. The van der Waals surface area contributed by atoms with Gasteiger partial charge in [-0.05, 0) is 98.8 Å². The van der Waals surface area contributed by atoms with E-state index in [0.717, 1.165) is 55.4 Å². The summed E-state index contributed by atoms with van der Waals surface area (Å²) in [7, 11) is 0. The van der Waals surface area contributed by atoms with E-state index in [1.54, 1.807) is 12.1 Å². The molecule has 1 aromatic carbocycles. The van der Waals surface area contributed by atoms with Gasteiger partial charge in [0, 0.05) is 0 Å². The molecule has 1 aromatic rings. The summed E-state index contributed by atoms with van der Waals surface area (Å²) in [5, 5.41) is 8.58. The van der Waals surface area contributed by atoms with Crippen LogP contribution in [-0.2, 0) is 6.42 Å². The van der Waals surface area contributed by atoms with Crippen LogP contribution in [0.5, 0.6) is 0 Å². The Kier molecular flexibility index (Phi) is 8.21. The van der Waals surface area contributed by atoms with Crippen LogP contribution in [-0.4, -0.2) is 0 Å². The van der Waals surface area contributed by atoms with E-state index in [4.69, 9.17) is 5.26 Å². The standard InChI is InChI=1S/C25H32F3N/c26-23(17-29)15-20-7-12-22(13-8-20)21-10-5-18(6-11-21)3-1-2-4-19-9-14-24(27)25(28)16-19/h9,14-16,18,20-22H,1-8,10-13H2/t18-,20-,21-,22-. The Labute approximate surface area is 173 Å². The van der Waals surface area contributed by atoms with E-state index in [9.17, 15) is 13.2 Å². The SMILES string of the molecule is N#CC(F)=C[C@H]1CC[C@H]([C@H]2CC[C@H](CCCCc3ccc(F)c(F)c3)CC2)CC1. The van der Waals surface area contributed by atoms with Crippen molar-refractivity contribution in [3.63, 3.8) is 0 Å². The molecular weight excluding hydrogens is 371 g/mol. The Bertz CT molecular complexity index is 720. The summed E-state index contributed by atoms with van der Waals surface area (Å²) in [6.07, 6.45) is 15.4. The van der Waals surface area contributed by atoms with Gasteiger partial charge in [0.05, 0.1) is 0 Å². The predicted molar refractivity (Wildman–Crippen MR) is 110 cm³/mol. The van der Waals surface area contributed by atoms with Crippen molar-refractivity contribution in [2.45, 2.75) is 77.0 Å². The summed E-state index contributed by atoms with van der Waals surface area (Å²) in [4.78, 5) is 0. The third-order valence-electron chi connectivity index (χ3n) is 7.18. The van der Waals surface area contributed by atoms with E-state index in [1.807, 2.05) is 0 Å². The second kappa shape index (κ2) is 10.9. The predicted octanol–water partition coefficient (Wildman–Crippen LogP) is 7.67. The molecule has 0 aromatic heterocycles. The maximum absolute atomic E-state index is 13.3. The number of rotatable bonds is 7. The molecule has 0 radical (unpaired) electrons. The molecule has 0 atom stereocenters. The molecule has 1 nitrogen and oxygen atoms in total. The van der Waals surface area contributed by atoms with Crippen LogP contribution in [0.15, 0.2) is 30.1 Å². The largest absolute Gasteiger partial charge is 0.204 e. The lowest BCUT2D eigenvalue weighted by Gasteiger charge is -2.37. The number of nitrogens with zero attached hydrogens (tertiary/aromatic N) is 1. The summed E-state index contributed by atoms with van der Waals surface area (Å²) in [5.41, 5.74) is 0.882. The second-order valence-electron chi connectivity index (χ2n) is 9.08. The normalized spacial score (nSPS) is 28.1. The molecule has 2 saturated carbocycles. The number of benzene rings is 1. The average Bonchev–Trinajstić information content (AvgIpc) is 2.74. The molecule has 0 heterocycles. The van der Waals surface area contributed by atoms with Gasteiger partial charge in [-0.25, -0.2) is 8.78 Å². The molecule has 2 fully saturated rings. The van der Waals surface area contributed by atoms with Crippen LogP contribution >= 0.6 is 0 Å². The van der Waals surface area contributed by atoms with Crippen molar-refractivity contribution in [2.75, 3.05) is 0 Å². The molecule has 158 valence electrons. The number of unbranched alkanes of at least 4 members (excludes halogenated alkanes) is 1. The van der Waals surface area contributed by atoms with Crippen LogP contribution in [0.25, 0.3) is 0 Å². The number of halogens is 3. The minimum absolute atomic E-state index is 0.247. The Morgan fingerprint density at radius 1 is 0.931 bits per heavy atom. The zero-order valence-corrected chi connectivity index (χ0v) is 17.2. The fourth-order valence-corrected chi connectivity index (χ4v) is 5.43. The maximum Gasteiger partial charge on any atom is 0.196 e. The van der Waals surface area contributed by atoms with Crippen molar-refractivity contribution < 1.29 is 13.2 Å². The van der Waals surface area contributed by atoms with E-state index in [0.29, 0.717) is 0 Å². The van der Waals surface area contributed by atoms with Crippen molar-refractivity contribution in [3.05, 3.63) is 47.3 Å². The van der Waals surface area contributed by atoms with Crippen LogP contribution in [0.4, 0.5) is 13.2 Å². The van der Waals surface area contributed by atoms with Gasteiger partial charge >= 0.3 is 0 Å². The summed E-state index contributed by atoms with van der Waals surface area (Å²) >= 11 is 0. The van der Waals surface area contributed by atoms with Crippen LogP contribution in [0.3, 0.4) is 0 Å². The summed E-state index contributed by atoms with van der Waals surface area (Å²) < 4.78 is 39.4. The lowest BCUT2D eigenvalue weighted by atomic mass is 9.68. The molecule has 3 rings (SSSR count). The first-order valence-electron chi connectivity index (χ1n) is 11.3. The molecule has 29 heavy (non-hydrogen) atoms. The summed E-state index contributed by atoms with van der Waals surface area (Å²) in [5.74, 6) is 0.500. The Hall–Kier alpha value is -1.76. The topological polar surface area (TPSA) is 23.8 Å². The van der Waals surface area contributed by atoms with Gasteiger partial charge in [0.15, 0.2) is 17.5 Å². The van der Waals surface area contributed by atoms with Gasteiger partial charge in [0.1, 0.15) is 6.07 Å². The lowest BCUT2D eigenvalue weighted by molar-refractivity contribution is 0.151. The van der Waals surface area contributed by atoms with Crippen LogP contribution in [0, 0.1) is 46.6 Å². The monoisotopic (exact) mass is 403 g/mol. The Morgan fingerprint density at radius 3 is 2.21 bits per heavy atom. The number of aryl methyl sites for hydroxylation is 1. The van der Waals surface area contributed by atoms with E-state index in [1.165, 1.54) is 63.2 Å². The van der Waals surface area contributed by atoms with Crippen molar-refractivity contribution in [1.29, 1.82) is 5.26 Å². The van der Waals surface area contributed by atoms with Crippen LogP contribution in [0.1, 0.15) is 76.2 Å². The molecule has 0 unspecified atom stereocenters. The van der Waals surface area contributed by atoms with Crippen LogP contribution < -0.4 is 0 Å². The van der Waals surface area contributed by atoms with Gasteiger partial charge in [-0.15, -0.1) is 0 Å². The van der Waals surface area contributed by atoms with Crippen molar-refractivity contribution >= 4 is 0 Å². The maximum atomic E-state index is 13.3. The molecule has 0 amide bonds. The fourth-order valence-electron chi connectivity index (χ4n) is 5.43. The van der Waals surface area contributed by atoms with Gasteiger partial charge in [0.25, 0.3) is 0 Å². The highest BCUT2D eigenvalue weighted by atomic mass is 19.2. The first kappa shape index (κ1) is 21.9. The first-order chi connectivity index (χ1) is 14.0. The smallest absolute Gasteiger partial charge is 0.196 e. The minimum Gasteiger partial charge on any atom is -0.204 e. The van der Waals surface area contributed by atoms with Gasteiger partial charge < -0.3 is 0 Å². The summed E-state index contributed by atoms with van der Waals surface area (Å²) in [6, 6.07) is 5.81. The van der Waals surface area contributed by atoms with E-state index in [2.05, 4.69) is 0 Å². The molecule has 0 spiro atoms. The van der Waals surface area contributed by atoms with Gasteiger partial charge in [-0.3, -0.25) is 0 Å². The molecule has 0 bridgehead atoms. The quantitative estimate of drug-likeness (QED) is 0.338. The Morgan fingerprint density at radius 2 is 1.59 bits per heavy atom. The van der Waals surface area contributed by atoms with E-state index >= 15 is 0 Å². The lowest BCUT2D eigenvalue weighted by Crippen LogP contribution is -2.25. The van der Waals surface area contributed by atoms with E-state index in [-0.39, 0.29) is 5.92 Å². The molecule has 0 N–H and O–H groups in total. The molecule has 2 aliphatic carbocycles. The van der Waals surface area contributed by atoms with Crippen molar-refractivity contribution in [2.24, 2.45) is 23.7 Å². The zero-order chi connectivity index (χ0) is 20.6. The van der Waals surface area contributed by atoms with E-state index < -0.39 is 17.5 Å². The third-order valence-corrected chi connectivity index (χ3v) is 7.18. The highest BCUT2D eigenvalue weighted by Crippen LogP contribution is 2.42. The number of hydrogen-bond acceptors (Lipinski definition) is 1. The second-order valence-corrected chi connectivity index (χ2v) is 9.08. The van der Waals surface area contributed by atoms with Crippen molar-refractivity contribution in [1.82, 2.24) is 0 Å². The van der Waals surface area contributed by atoms with Gasteiger partial charge in [-0.1, -0.05) is 31.7 Å². The fraction of sp³-hybridized carbons (Fsp3) is 0.640. The highest BCUT2D eigenvalue weighted by molar-refractivity contribution is 5.17. The molecule has 2 aliphatic rings.